The van der Waals surface area contributed by atoms with Crippen molar-refractivity contribution in [3.8, 4) is 0 Å². The van der Waals surface area contributed by atoms with E-state index in [0.29, 0.717) is 0 Å². The van der Waals surface area contributed by atoms with Gasteiger partial charge in [0.05, 0.1) is 14.3 Å². The third-order valence-corrected chi connectivity index (χ3v) is 9.96. The number of rotatable bonds is 11. The number of hydrogen-bond acceptors (Lipinski definition) is 1. The van der Waals surface area contributed by atoms with Crippen LogP contribution in [-0.4, -0.2) is 37.0 Å². The molecule has 1 nitrogen and oxygen atoms in total. The highest BCUT2D eigenvalue weighted by atomic mass is 31.2. The molecule has 128 valence electrons. The summed E-state index contributed by atoms with van der Waals surface area (Å²) in [4.78, 5) is 9.61. The Hall–Kier alpha value is 0.0400. The fourth-order valence-electron chi connectivity index (χ4n) is 2.45. The SMILES string of the molecule is C=C(C)CC/C(C)=C/CC/C(C)=C/CC[P+](C)(C)CP(C)O. The van der Waals surface area contributed by atoms with E-state index in [1.807, 2.05) is 6.66 Å². The summed E-state index contributed by atoms with van der Waals surface area (Å²) in [5.74, 6) is 1.06. The van der Waals surface area contributed by atoms with Gasteiger partial charge in [-0.05, 0) is 59.5 Å². The Morgan fingerprint density at radius 1 is 1.00 bits per heavy atom. The first-order valence-corrected chi connectivity index (χ1v) is 13.3. The molecule has 1 unspecified atom stereocenters. The van der Waals surface area contributed by atoms with Crippen LogP contribution in [0.2, 0.25) is 0 Å². The molecule has 0 heterocycles. The summed E-state index contributed by atoms with van der Waals surface area (Å²) in [5.41, 5.74) is 4.27. The van der Waals surface area contributed by atoms with Crippen molar-refractivity contribution in [1.82, 2.24) is 0 Å². The standard InChI is InChI=1S/C19H37OP2/c1-17(2)13-14-19(4)11-8-10-18(3)12-9-15-22(6,7)16-21(5)20/h11-12,20H,1,8-10,13-16H2,2-7H3/q+1/b18-12+,19-11+. The zero-order valence-electron chi connectivity index (χ0n) is 15.7. The highest BCUT2D eigenvalue weighted by Gasteiger charge is 2.26. The minimum absolute atomic E-state index is 0.731. The molecule has 0 aromatic heterocycles. The lowest BCUT2D eigenvalue weighted by Gasteiger charge is -2.18. The van der Waals surface area contributed by atoms with Crippen LogP contribution in [0.3, 0.4) is 0 Å². The van der Waals surface area contributed by atoms with E-state index in [4.69, 9.17) is 0 Å². The average molecular weight is 343 g/mol. The van der Waals surface area contributed by atoms with Gasteiger partial charge in [-0.15, -0.1) is 6.58 Å². The van der Waals surface area contributed by atoms with Crippen LogP contribution in [0.1, 0.15) is 52.9 Å². The Labute approximate surface area is 141 Å². The number of hydrogen-bond donors (Lipinski definition) is 1. The monoisotopic (exact) mass is 343 g/mol. The van der Waals surface area contributed by atoms with Gasteiger partial charge >= 0.3 is 0 Å². The molecule has 0 rings (SSSR count). The highest BCUT2D eigenvalue weighted by molar-refractivity contribution is 7.83. The van der Waals surface area contributed by atoms with Crippen molar-refractivity contribution in [3.05, 3.63) is 35.5 Å². The molecule has 0 radical (unpaired) electrons. The van der Waals surface area contributed by atoms with Crippen LogP contribution >= 0.6 is 15.4 Å². The Kier molecular flexibility index (Phi) is 11.6. The van der Waals surface area contributed by atoms with E-state index in [1.54, 1.807) is 0 Å². The molecule has 1 N–H and O–H groups in total. The minimum Gasteiger partial charge on any atom is -0.370 e. The lowest BCUT2D eigenvalue weighted by atomic mass is 10.0. The molecular weight excluding hydrogens is 306 g/mol. The van der Waals surface area contributed by atoms with Crippen molar-refractivity contribution < 1.29 is 4.89 Å². The molecule has 0 saturated carbocycles. The van der Waals surface area contributed by atoms with Crippen molar-refractivity contribution >= 4 is 15.4 Å². The highest BCUT2D eigenvalue weighted by Crippen LogP contribution is 2.58. The van der Waals surface area contributed by atoms with Gasteiger partial charge in [0.1, 0.15) is 5.90 Å². The van der Waals surface area contributed by atoms with Gasteiger partial charge in [0.25, 0.3) is 0 Å². The van der Waals surface area contributed by atoms with E-state index in [2.05, 4.69) is 52.8 Å². The van der Waals surface area contributed by atoms with Gasteiger partial charge in [0.2, 0.25) is 0 Å². The third kappa shape index (κ3) is 13.7. The molecule has 0 aromatic rings. The summed E-state index contributed by atoms with van der Waals surface area (Å²) in [6, 6.07) is 0. The van der Waals surface area contributed by atoms with Crippen molar-refractivity contribution in [3.63, 3.8) is 0 Å². The fraction of sp³-hybridized carbons (Fsp3) is 0.684. The first-order chi connectivity index (χ1) is 10.1. The van der Waals surface area contributed by atoms with Crippen LogP contribution in [0.25, 0.3) is 0 Å². The molecule has 22 heavy (non-hydrogen) atoms. The second-order valence-corrected chi connectivity index (χ2v) is 14.1. The molecule has 0 aliphatic rings. The predicted molar refractivity (Wildman–Crippen MR) is 109 cm³/mol. The average Bonchev–Trinajstić information content (AvgIpc) is 2.34. The molecule has 0 aliphatic carbocycles. The lowest BCUT2D eigenvalue weighted by Crippen LogP contribution is -1.98. The first-order valence-electron chi connectivity index (χ1n) is 8.30. The van der Waals surface area contributed by atoms with E-state index in [1.165, 1.54) is 35.7 Å². The summed E-state index contributed by atoms with van der Waals surface area (Å²) in [6.45, 7) is 17.3. The van der Waals surface area contributed by atoms with E-state index >= 15 is 0 Å². The molecule has 0 amide bonds. The maximum Gasteiger partial charge on any atom is 0.101 e. The summed E-state index contributed by atoms with van der Waals surface area (Å²) in [7, 11) is -1.63. The van der Waals surface area contributed by atoms with Gasteiger partial charge in [-0.3, -0.25) is 0 Å². The Bertz CT molecular complexity index is 392. The normalized spacial score (nSPS) is 15.0. The summed E-state index contributed by atoms with van der Waals surface area (Å²) < 4.78 is 0. The Balaban J connectivity index is 4.04. The van der Waals surface area contributed by atoms with Gasteiger partial charge in [-0.25, -0.2) is 0 Å². The summed E-state index contributed by atoms with van der Waals surface area (Å²) >= 11 is 0. The van der Waals surface area contributed by atoms with Crippen LogP contribution in [0.15, 0.2) is 35.5 Å². The largest absolute Gasteiger partial charge is 0.370 e. The third-order valence-electron chi connectivity index (χ3n) is 3.79. The zero-order chi connectivity index (χ0) is 17.2. The molecule has 0 bridgehead atoms. The van der Waals surface area contributed by atoms with Crippen LogP contribution < -0.4 is 0 Å². The van der Waals surface area contributed by atoms with Gasteiger partial charge in [-0.2, -0.15) is 0 Å². The maximum atomic E-state index is 9.61. The Morgan fingerprint density at radius 2 is 1.55 bits per heavy atom. The van der Waals surface area contributed by atoms with Gasteiger partial charge in [-0.1, -0.05) is 28.9 Å². The maximum absolute atomic E-state index is 9.61. The molecule has 0 aromatic carbocycles. The van der Waals surface area contributed by atoms with E-state index in [0.717, 1.165) is 25.2 Å². The van der Waals surface area contributed by atoms with E-state index < -0.39 is 15.4 Å². The number of allylic oxidation sites excluding steroid dienone is 5. The van der Waals surface area contributed by atoms with Crippen LogP contribution in [0, 0.1) is 0 Å². The first kappa shape index (κ1) is 22.0. The zero-order valence-corrected chi connectivity index (χ0v) is 17.4. The van der Waals surface area contributed by atoms with Crippen molar-refractivity contribution in [2.75, 3.05) is 32.1 Å². The van der Waals surface area contributed by atoms with E-state index in [9.17, 15) is 4.89 Å². The quantitative estimate of drug-likeness (QED) is 0.328. The minimum atomic E-state index is -0.901. The summed E-state index contributed by atoms with van der Waals surface area (Å²) in [5, 5.41) is 0. The topological polar surface area (TPSA) is 20.2 Å². The predicted octanol–water partition coefficient (Wildman–Crippen LogP) is 6.66. The fourth-order valence-corrected chi connectivity index (χ4v) is 8.27. The smallest absolute Gasteiger partial charge is 0.101 e. The Morgan fingerprint density at radius 3 is 2.09 bits per heavy atom. The lowest BCUT2D eigenvalue weighted by molar-refractivity contribution is 0.635. The summed E-state index contributed by atoms with van der Waals surface area (Å²) in [6.07, 6.45) is 11.8. The molecule has 0 fully saturated rings. The van der Waals surface area contributed by atoms with Gasteiger partial charge < -0.3 is 4.89 Å². The van der Waals surface area contributed by atoms with Crippen molar-refractivity contribution in [2.45, 2.75) is 52.9 Å². The van der Waals surface area contributed by atoms with E-state index in [-0.39, 0.29) is 0 Å². The van der Waals surface area contributed by atoms with Crippen LogP contribution in [0.4, 0.5) is 0 Å². The molecule has 0 aliphatic heterocycles. The molecule has 0 saturated heterocycles. The molecular formula is C19H37OP2+. The van der Waals surface area contributed by atoms with Crippen LogP contribution in [-0.2, 0) is 0 Å². The van der Waals surface area contributed by atoms with Crippen molar-refractivity contribution in [1.29, 1.82) is 0 Å². The molecule has 1 atom stereocenters. The molecule has 3 heteroatoms. The van der Waals surface area contributed by atoms with Gasteiger partial charge in [0, 0.05) is 20.6 Å². The second-order valence-electron chi connectivity index (χ2n) is 7.34. The second kappa shape index (κ2) is 11.6. The van der Waals surface area contributed by atoms with Crippen molar-refractivity contribution in [2.24, 2.45) is 0 Å². The van der Waals surface area contributed by atoms with Gasteiger partial charge in [0.15, 0.2) is 0 Å². The molecule has 0 spiro atoms. The van der Waals surface area contributed by atoms with Crippen LogP contribution in [0.5, 0.6) is 0 Å².